The second-order valence-electron chi connectivity index (χ2n) is 4.52. The number of rotatable bonds is 4. The van der Waals surface area contributed by atoms with Crippen LogP contribution < -0.4 is 4.74 Å². The Morgan fingerprint density at radius 3 is 2.30 bits per heavy atom. The Morgan fingerprint density at radius 2 is 1.74 bits per heavy atom. The van der Waals surface area contributed by atoms with E-state index >= 15 is 0 Å². The van der Waals surface area contributed by atoms with Crippen molar-refractivity contribution in [2.75, 3.05) is 0 Å². The van der Waals surface area contributed by atoms with E-state index in [2.05, 4.69) is 4.74 Å². The number of ether oxygens (including phenoxy) is 1. The molecule has 2 aromatic carbocycles. The van der Waals surface area contributed by atoms with E-state index in [4.69, 9.17) is 16.7 Å². The maximum Gasteiger partial charge on any atom is 0.573 e. The predicted molar refractivity (Wildman–Crippen MR) is 80.2 cm³/mol. The van der Waals surface area contributed by atoms with Crippen LogP contribution in [0.5, 0.6) is 5.75 Å². The molecule has 120 valence electrons. The van der Waals surface area contributed by atoms with Crippen LogP contribution in [0.1, 0.15) is 5.56 Å². The van der Waals surface area contributed by atoms with Gasteiger partial charge in [-0.3, -0.25) is 0 Å². The summed E-state index contributed by atoms with van der Waals surface area (Å²) in [7, 11) is 0. The van der Waals surface area contributed by atoms with E-state index in [-0.39, 0.29) is 5.75 Å². The highest BCUT2D eigenvalue weighted by atomic mass is 35.5. The van der Waals surface area contributed by atoms with Gasteiger partial charge >= 0.3 is 12.3 Å². The summed E-state index contributed by atoms with van der Waals surface area (Å²) >= 11 is 5.98. The fraction of sp³-hybridized carbons (Fsp3) is 0.0625. The summed E-state index contributed by atoms with van der Waals surface area (Å²) < 4.78 is 40.2. The van der Waals surface area contributed by atoms with Gasteiger partial charge in [-0.2, -0.15) is 0 Å². The van der Waals surface area contributed by atoms with Crippen molar-refractivity contribution >= 4 is 23.6 Å². The van der Waals surface area contributed by atoms with Crippen LogP contribution in [0.15, 0.2) is 48.5 Å². The van der Waals surface area contributed by atoms with E-state index in [0.717, 1.165) is 6.08 Å². The molecule has 0 spiro atoms. The molecule has 0 heterocycles. The van der Waals surface area contributed by atoms with E-state index in [9.17, 15) is 18.0 Å². The minimum absolute atomic E-state index is 0.325. The van der Waals surface area contributed by atoms with Crippen molar-refractivity contribution in [3.8, 4) is 16.9 Å². The molecule has 0 saturated heterocycles. The third-order valence-electron chi connectivity index (χ3n) is 2.76. The lowest BCUT2D eigenvalue weighted by Gasteiger charge is -2.10. The molecular formula is C16H10ClF3O3. The second-order valence-corrected chi connectivity index (χ2v) is 4.95. The summed E-state index contributed by atoms with van der Waals surface area (Å²) in [5.41, 5.74) is 1.82. The number of hydrogen-bond donors (Lipinski definition) is 1. The molecule has 0 radical (unpaired) electrons. The fourth-order valence-corrected chi connectivity index (χ4v) is 2.14. The van der Waals surface area contributed by atoms with Crippen LogP contribution in [0.25, 0.3) is 17.2 Å². The van der Waals surface area contributed by atoms with Gasteiger partial charge in [-0.1, -0.05) is 23.7 Å². The molecule has 0 aromatic heterocycles. The standard InChI is InChI=1S/C16H10ClF3O3/c17-13-8-10(1-6-15(21)22)7-12(9-13)11-2-4-14(5-3-11)23-16(18,19)20/h1-9H,(H,21,22)/b6-1+. The van der Waals surface area contributed by atoms with Crippen molar-refractivity contribution < 1.29 is 27.8 Å². The van der Waals surface area contributed by atoms with Crippen molar-refractivity contribution in [1.29, 1.82) is 0 Å². The van der Waals surface area contributed by atoms with Gasteiger partial charge in [-0.15, -0.1) is 13.2 Å². The van der Waals surface area contributed by atoms with E-state index < -0.39 is 12.3 Å². The number of hydrogen-bond acceptors (Lipinski definition) is 2. The third-order valence-corrected chi connectivity index (χ3v) is 2.98. The first-order valence-corrected chi connectivity index (χ1v) is 6.68. The molecule has 0 unspecified atom stereocenters. The Kier molecular flexibility index (Phi) is 4.95. The minimum atomic E-state index is -4.74. The van der Waals surface area contributed by atoms with Crippen molar-refractivity contribution in [3.05, 3.63) is 59.1 Å². The molecule has 23 heavy (non-hydrogen) atoms. The van der Waals surface area contributed by atoms with Crippen LogP contribution >= 0.6 is 11.6 Å². The molecule has 0 aliphatic heterocycles. The van der Waals surface area contributed by atoms with E-state index in [1.54, 1.807) is 18.2 Å². The van der Waals surface area contributed by atoms with Crippen LogP contribution in [0, 0.1) is 0 Å². The Bertz CT molecular complexity index is 737. The lowest BCUT2D eigenvalue weighted by molar-refractivity contribution is -0.274. The predicted octanol–water partition coefficient (Wildman–Crippen LogP) is 5.00. The molecule has 0 aliphatic carbocycles. The molecule has 0 fully saturated rings. The van der Waals surface area contributed by atoms with Gasteiger partial charge in [0.25, 0.3) is 0 Å². The van der Waals surface area contributed by atoms with Crippen LogP contribution in [0.2, 0.25) is 5.02 Å². The largest absolute Gasteiger partial charge is 0.573 e. The van der Waals surface area contributed by atoms with Crippen LogP contribution in [-0.2, 0) is 4.79 Å². The quantitative estimate of drug-likeness (QED) is 0.795. The van der Waals surface area contributed by atoms with Gasteiger partial charge in [0.2, 0.25) is 0 Å². The third kappa shape index (κ3) is 5.34. The molecule has 0 aliphatic rings. The van der Waals surface area contributed by atoms with E-state index in [1.165, 1.54) is 30.3 Å². The maximum absolute atomic E-state index is 12.1. The zero-order valence-corrected chi connectivity index (χ0v) is 12.2. The molecular weight excluding hydrogens is 333 g/mol. The van der Waals surface area contributed by atoms with Crippen molar-refractivity contribution in [2.45, 2.75) is 6.36 Å². The highest BCUT2D eigenvalue weighted by molar-refractivity contribution is 6.31. The van der Waals surface area contributed by atoms with Crippen LogP contribution in [0.3, 0.4) is 0 Å². The highest BCUT2D eigenvalue weighted by Crippen LogP contribution is 2.29. The lowest BCUT2D eigenvalue weighted by Crippen LogP contribution is -2.16. The van der Waals surface area contributed by atoms with Gasteiger partial charge in [-0.05, 0) is 53.1 Å². The monoisotopic (exact) mass is 342 g/mol. The zero-order chi connectivity index (χ0) is 17.0. The first-order chi connectivity index (χ1) is 10.7. The van der Waals surface area contributed by atoms with Gasteiger partial charge in [-0.25, -0.2) is 4.79 Å². The van der Waals surface area contributed by atoms with Gasteiger partial charge in [0.1, 0.15) is 5.75 Å². The maximum atomic E-state index is 12.1. The van der Waals surface area contributed by atoms with Gasteiger partial charge in [0.15, 0.2) is 0 Å². The zero-order valence-electron chi connectivity index (χ0n) is 11.5. The number of carbonyl (C=O) groups is 1. The van der Waals surface area contributed by atoms with Crippen molar-refractivity contribution in [1.82, 2.24) is 0 Å². The number of carboxylic acids is 1. The molecule has 0 saturated carbocycles. The molecule has 3 nitrogen and oxygen atoms in total. The first kappa shape index (κ1) is 16.9. The lowest BCUT2D eigenvalue weighted by atomic mass is 10.0. The Morgan fingerprint density at radius 1 is 1.09 bits per heavy atom. The normalized spacial score (nSPS) is 11.7. The molecule has 2 aromatic rings. The molecule has 0 amide bonds. The number of benzene rings is 2. The SMILES string of the molecule is O=C(O)/C=C/c1cc(Cl)cc(-c2ccc(OC(F)(F)F)cc2)c1. The molecule has 2 rings (SSSR count). The average Bonchev–Trinajstić information content (AvgIpc) is 2.43. The molecule has 7 heteroatoms. The summed E-state index contributed by atoms with van der Waals surface area (Å²) in [6.07, 6.45) is -2.40. The number of halogens is 4. The Hall–Kier alpha value is -2.47. The molecule has 0 atom stereocenters. The summed E-state index contributed by atoms with van der Waals surface area (Å²) in [6.45, 7) is 0. The van der Waals surface area contributed by atoms with Gasteiger partial charge in [0.05, 0.1) is 0 Å². The van der Waals surface area contributed by atoms with Crippen LogP contribution in [0.4, 0.5) is 13.2 Å². The smallest absolute Gasteiger partial charge is 0.478 e. The second kappa shape index (κ2) is 6.75. The van der Waals surface area contributed by atoms with Gasteiger partial charge < -0.3 is 9.84 Å². The van der Waals surface area contributed by atoms with Crippen molar-refractivity contribution in [3.63, 3.8) is 0 Å². The first-order valence-electron chi connectivity index (χ1n) is 6.31. The van der Waals surface area contributed by atoms with E-state index in [1.807, 2.05) is 0 Å². The van der Waals surface area contributed by atoms with Crippen molar-refractivity contribution in [2.24, 2.45) is 0 Å². The summed E-state index contributed by atoms with van der Waals surface area (Å²) in [5, 5.41) is 9.01. The minimum Gasteiger partial charge on any atom is -0.478 e. The number of aliphatic carboxylic acids is 1. The average molecular weight is 343 g/mol. The van der Waals surface area contributed by atoms with Gasteiger partial charge in [0, 0.05) is 11.1 Å². The highest BCUT2D eigenvalue weighted by Gasteiger charge is 2.30. The van der Waals surface area contributed by atoms with Crippen LogP contribution in [-0.4, -0.2) is 17.4 Å². The summed E-state index contributed by atoms with van der Waals surface area (Å²) in [6, 6.07) is 10.2. The Balaban J connectivity index is 2.29. The fourth-order valence-electron chi connectivity index (χ4n) is 1.89. The number of carboxylic acid groups (broad SMARTS) is 1. The van der Waals surface area contributed by atoms with E-state index in [0.29, 0.717) is 21.7 Å². The molecule has 1 N–H and O–H groups in total. The summed E-state index contributed by atoms with van der Waals surface area (Å²) in [4.78, 5) is 10.5. The number of alkyl halides is 3. The molecule has 0 bridgehead atoms. The Labute approximate surface area is 134 Å². The summed E-state index contributed by atoms with van der Waals surface area (Å²) in [5.74, 6) is -1.42. The topological polar surface area (TPSA) is 46.5 Å².